The molecule has 8 heteroatoms. The van der Waals surface area contributed by atoms with Gasteiger partial charge >= 0.3 is 0 Å². The summed E-state index contributed by atoms with van der Waals surface area (Å²) in [6, 6.07) is 4.52. The molecule has 104 valence electrons. The number of rotatable bonds is 4. The molecule has 0 amide bonds. The third-order valence-electron chi connectivity index (χ3n) is 2.55. The molecule has 0 radical (unpaired) electrons. The van der Waals surface area contributed by atoms with E-state index >= 15 is 0 Å². The van der Waals surface area contributed by atoms with Crippen molar-refractivity contribution >= 4 is 33.2 Å². The van der Waals surface area contributed by atoms with Crippen molar-refractivity contribution in [3.05, 3.63) is 49.8 Å². The van der Waals surface area contributed by atoms with Crippen LogP contribution in [0.25, 0.3) is 0 Å². The van der Waals surface area contributed by atoms with Crippen molar-refractivity contribution in [2.24, 2.45) is 0 Å². The Morgan fingerprint density at radius 2 is 2.20 bits per heavy atom. The number of nitro groups is 1. The van der Waals surface area contributed by atoms with Gasteiger partial charge in [0.25, 0.3) is 5.69 Å². The lowest BCUT2D eigenvalue weighted by atomic mass is 10.2. The van der Waals surface area contributed by atoms with Crippen LogP contribution in [0.4, 0.5) is 5.69 Å². The summed E-state index contributed by atoms with van der Waals surface area (Å²) in [5, 5.41) is 11.2. The second-order valence-electron chi connectivity index (χ2n) is 3.75. The van der Waals surface area contributed by atoms with E-state index in [4.69, 9.17) is 16.3 Å². The number of benzene rings is 1. The summed E-state index contributed by atoms with van der Waals surface area (Å²) >= 11 is 9.13. The number of nitrogens with zero attached hydrogens (tertiary/aromatic N) is 3. The topological polar surface area (TPSA) is 78.2 Å². The first-order valence-electron chi connectivity index (χ1n) is 5.64. The maximum absolute atomic E-state index is 10.9. The monoisotopic (exact) mass is 357 g/mol. The Labute approximate surface area is 128 Å². The van der Waals surface area contributed by atoms with Gasteiger partial charge in [0.1, 0.15) is 16.0 Å². The van der Waals surface area contributed by atoms with E-state index in [0.717, 1.165) is 0 Å². The predicted molar refractivity (Wildman–Crippen MR) is 77.3 cm³/mol. The van der Waals surface area contributed by atoms with Crippen molar-refractivity contribution in [1.82, 2.24) is 9.97 Å². The van der Waals surface area contributed by atoms with E-state index in [1.54, 1.807) is 6.07 Å². The fourth-order valence-electron chi connectivity index (χ4n) is 1.58. The predicted octanol–water partition coefficient (Wildman–Crippen LogP) is 4.16. The zero-order chi connectivity index (χ0) is 14.7. The number of hydrogen-bond donors (Lipinski definition) is 0. The lowest BCUT2D eigenvalue weighted by molar-refractivity contribution is -0.385. The van der Waals surface area contributed by atoms with E-state index in [2.05, 4.69) is 25.9 Å². The molecule has 0 aliphatic rings. The van der Waals surface area contributed by atoms with Gasteiger partial charge in [-0.1, -0.05) is 24.6 Å². The fraction of sp³-hybridized carbons (Fsp3) is 0.167. The second-order valence-corrected chi connectivity index (χ2v) is 4.90. The molecular weight excluding hydrogens is 350 g/mol. The molecule has 1 aromatic heterocycles. The summed E-state index contributed by atoms with van der Waals surface area (Å²) in [7, 11) is 0. The summed E-state index contributed by atoms with van der Waals surface area (Å²) in [4.78, 5) is 18.3. The minimum Gasteiger partial charge on any atom is -0.437 e. The first-order chi connectivity index (χ1) is 9.54. The van der Waals surface area contributed by atoms with Crippen LogP contribution in [0.1, 0.15) is 12.5 Å². The van der Waals surface area contributed by atoms with Crippen molar-refractivity contribution in [2.45, 2.75) is 13.3 Å². The van der Waals surface area contributed by atoms with Crippen molar-refractivity contribution in [3.63, 3.8) is 0 Å². The number of nitro benzene ring substituents is 1. The Morgan fingerprint density at radius 1 is 1.45 bits per heavy atom. The van der Waals surface area contributed by atoms with E-state index < -0.39 is 4.92 Å². The first-order valence-corrected chi connectivity index (χ1v) is 6.81. The molecule has 20 heavy (non-hydrogen) atoms. The molecule has 2 aromatic rings. The van der Waals surface area contributed by atoms with E-state index in [9.17, 15) is 10.1 Å². The number of aromatic nitrogens is 2. The Balaban J connectivity index is 2.43. The van der Waals surface area contributed by atoms with Gasteiger partial charge in [0.2, 0.25) is 5.88 Å². The highest BCUT2D eigenvalue weighted by atomic mass is 79.9. The molecule has 0 aliphatic heterocycles. The highest BCUT2D eigenvalue weighted by molar-refractivity contribution is 9.10. The van der Waals surface area contributed by atoms with Gasteiger partial charge in [-0.05, 0) is 28.4 Å². The van der Waals surface area contributed by atoms with Crippen molar-refractivity contribution in [3.8, 4) is 11.6 Å². The molecule has 0 spiro atoms. The molecule has 6 nitrogen and oxygen atoms in total. The van der Waals surface area contributed by atoms with Gasteiger partial charge in [0.05, 0.1) is 10.5 Å². The van der Waals surface area contributed by atoms with E-state index in [0.29, 0.717) is 22.9 Å². The Morgan fingerprint density at radius 3 is 2.85 bits per heavy atom. The van der Waals surface area contributed by atoms with E-state index in [1.807, 2.05) is 6.92 Å². The molecule has 2 rings (SSSR count). The molecule has 1 heterocycles. The van der Waals surface area contributed by atoms with Crippen LogP contribution in [-0.4, -0.2) is 14.9 Å². The minimum absolute atomic E-state index is 0.0827. The largest absolute Gasteiger partial charge is 0.437 e. The van der Waals surface area contributed by atoms with Crippen LogP contribution in [0.5, 0.6) is 11.6 Å². The van der Waals surface area contributed by atoms with Gasteiger partial charge in [0.15, 0.2) is 5.75 Å². The molecule has 0 N–H and O–H groups in total. The lowest BCUT2D eigenvalue weighted by Crippen LogP contribution is -1.98. The van der Waals surface area contributed by atoms with Gasteiger partial charge in [-0.2, -0.15) is 0 Å². The van der Waals surface area contributed by atoms with E-state index in [1.165, 1.54) is 18.5 Å². The van der Waals surface area contributed by atoms with Crippen LogP contribution in [0.2, 0.25) is 5.15 Å². The molecule has 0 unspecified atom stereocenters. The normalized spacial score (nSPS) is 10.3. The summed E-state index contributed by atoms with van der Waals surface area (Å²) in [5.74, 6) is 0.581. The van der Waals surface area contributed by atoms with Crippen molar-refractivity contribution in [1.29, 1.82) is 0 Å². The zero-order valence-corrected chi connectivity index (χ0v) is 12.7. The number of hydrogen-bond acceptors (Lipinski definition) is 5. The molecule has 0 bridgehead atoms. The molecule has 0 saturated carbocycles. The molecule has 0 saturated heterocycles. The SMILES string of the molecule is CCc1c(Cl)ncnc1Oc1cccc([N+](=O)[O-])c1Br. The smallest absolute Gasteiger partial charge is 0.287 e. The lowest BCUT2D eigenvalue weighted by Gasteiger charge is -2.10. The molecular formula is C12H9BrClN3O3. The molecule has 0 aliphatic carbocycles. The summed E-state index contributed by atoms with van der Waals surface area (Å²) < 4.78 is 5.87. The van der Waals surface area contributed by atoms with Crippen LogP contribution < -0.4 is 4.74 Å². The highest BCUT2D eigenvalue weighted by Gasteiger charge is 2.18. The standard InChI is InChI=1S/C12H9BrClN3O3/c1-2-7-11(14)15-6-16-12(7)20-9-5-3-4-8(10(9)13)17(18)19/h3-6H,2H2,1H3. The quantitative estimate of drug-likeness (QED) is 0.466. The van der Waals surface area contributed by atoms with Gasteiger partial charge in [0, 0.05) is 6.07 Å². The second kappa shape index (κ2) is 6.15. The summed E-state index contributed by atoms with van der Waals surface area (Å²) in [6.07, 6.45) is 1.86. The van der Waals surface area contributed by atoms with Gasteiger partial charge in [-0.25, -0.2) is 9.97 Å². The minimum atomic E-state index is -0.495. The maximum Gasteiger partial charge on any atom is 0.287 e. The van der Waals surface area contributed by atoms with Crippen LogP contribution in [0.3, 0.4) is 0 Å². The summed E-state index contributed by atoms with van der Waals surface area (Å²) in [5.41, 5.74) is 0.563. The average molecular weight is 359 g/mol. The summed E-state index contributed by atoms with van der Waals surface area (Å²) in [6.45, 7) is 1.89. The van der Waals surface area contributed by atoms with Crippen LogP contribution in [0, 0.1) is 10.1 Å². The zero-order valence-electron chi connectivity index (χ0n) is 10.3. The van der Waals surface area contributed by atoms with Crippen LogP contribution in [-0.2, 0) is 6.42 Å². The van der Waals surface area contributed by atoms with E-state index in [-0.39, 0.29) is 16.0 Å². The van der Waals surface area contributed by atoms with Gasteiger partial charge < -0.3 is 4.74 Å². The highest BCUT2D eigenvalue weighted by Crippen LogP contribution is 2.37. The Kier molecular flexibility index (Phi) is 4.51. The van der Waals surface area contributed by atoms with Crippen LogP contribution in [0.15, 0.2) is 29.0 Å². The van der Waals surface area contributed by atoms with Crippen LogP contribution >= 0.6 is 27.5 Å². The van der Waals surface area contributed by atoms with Crippen molar-refractivity contribution in [2.75, 3.05) is 0 Å². The van der Waals surface area contributed by atoms with Gasteiger partial charge in [-0.3, -0.25) is 10.1 Å². The Bertz CT molecular complexity index is 666. The van der Waals surface area contributed by atoms with Gasteiger partial charge in [-0.15, -0.1) is 0 Å². The molecule has 0 fully saturated rings. The third-order valence-corrected chi connectivity index (χ3v) is 3.68. The Hall–Kier alpha value is -1.73. The fourth-order valence-corrected chi connectivity index (χ4v) is 2.33. The number of ether oxygens (including phenoxy) is 1. The first kappa shape index (κ1) is 14.7. The molecule has 1 aromatic carbocycles. The average Bonchev–Trinajstić information content (AvgIpc) is 2.41. The third kappa shape index (κ3) is 2.88. The molecule has 0 atom stereocenters. The van der Waals surface area contributed by atoms with Crippen molar-refractivity contribution < 1.29 is 9.66 Å². The maximum atomic E-state index is 10.9. The number of halogens is 2.